The Morgan fingerprint density at radius 2 is 1.90 bits per heavy atom. The first-order valence-electron chi connectivity index (χ1n) is 9.43. The van der Waals surface area contributed by atoms with E-state index in [4.69, 9.17) is 4.74 Å². The number of sulfonamides is 1. The second-order valence-electron chi connectivity index (χ2n) is 7.14. The van der Waals surface area contributed by atoms with E-state index in [9.17, 15) is 18.0 Å². The minimum Gasteiger partial charge on any atom is -0.469 e. The van der Waals surface area contributed by atoms with Crippen molar-refractivity contribution >= 4 is 43.5 Å². The van der Waals surface area contributed by atoms with Gasteiger partial charge in [0.05, 0.1) is 31.5 Å². The van der Waals surface area contributed by atoms with Gasteiger partial charge in [-0.15, -0.1) is 0 Å². The molecule has 9 heteroatoms. The van der Waals surface area contributed by atoms with E-state index in [0.29, 0.717) is 30.6 Å². The summed E-state index contributed by atoms with van der Waals surface area (Å²) < 4.78 is 31.1. The van der Waals surface area contributed by atoms with Crippen LogP contribution in [0.25, 0.3) is 0 Å². The molecular formula is C21H23BrN2O5S. The average Bonchev–Trinajstić information content (AvgIpc) is 2.72. The fourth-order valence-corrected chi connectivity index (χ4v) is 4.75. The van der Waals surface area contributed by atoms with Gasteiger partial charge in [0.2, 0.25) is 10.0 Å². The smallest absolute Gasteiger partial charge is 0.307 e. The Bertz CT molecular complexity index is 1050. The van der Waals surface area contributed by atoms with Gasteiger partial charge in [0, 0.05) is 16.6 Å². The molecule has 3 rings (SSSR count). The summed E-state index contributed by atoms with van der Waals surface area (Å²) in [7, 11) is -2.06. The maximum atomic E-state index is 12.9. The van der Waals surface area contributed by atoms with Gasteiger partial charge in [0.1, 0.15) is 0 Å². The predicted molar refractivity (Wildman–Crippen MR) is 118 cm³/mol. The second-order valence-corrected chi connectivity index (χ2v) is 9.96. The highest BCUT2D eigenvalue weighted by molar-refractivity contribution is 9.10. The molecular weight excluding hydrogens is 472 g/mol. The summed E-state index contributed by atoms with van der Waals surface area (Å²) in [5, 5.41) is 2.90. The van der Waals surface area contributed by atoms with Crippen molar-refractivity contribution in [3.8, 4) is 0 Å². The minimum absolute atomic E-state index is 0.00330. The summed E-state index contributed by atoms with van der Waals surface area (Å²) in [6.07, 6.45) is 2.56. The molecule has 0 saturated carbocycles. The van der Waals surface area contributed by atoms with Crippen molar-refractivity contribution in [2.24, 2.45) is 0 Å². The van der Waals surface area contributed by atoms with E-state index >= 15 is 0 Å². The van der Waals surface area contributed by atoms with Crippen molar-refractivity contribution in [1.82, 2.24) is 5.32 Å². The number of amides is 1. The van der Waals surface area contributed by atoms with Gasteiger partial charge in [-0.3, -0.25) is 13.9 Å². The lowest BCUT2D eigenvalue weighted by molar-refractivity contribution is -0.141. The van der Waals surface area contributed by atoms with E-state index in [0.717, 1.165) is 15.6 Å². The summed E-state index contributed by atoms with van der Waals surface area (Å²) >= 11 is 3.37. The van der Waals surface area contributed by atoms with Crippen LogP contribution in [0.3, 0.4) is 0 Å². The van der Waals surface area contributed by atoms with Gasteiger partial charge in [0.15, 0.2) is 0 Å². The molecule has 0 saturated heterocycles. The molecule has 1 aliphatic heterocycles. The zero-order valence-electron chi connectivity index (χ0n) is 16.7. The number of halogens is 1. The third-order valence-corrected chi connectivity index (χ3v) is 6.70. The zero-order chi connectivity index (χ0) is 21.9. The number of esters is 1. The Morgan fingerprint density at radius 1 is 1.20 bits per heavy atom. The van der Waals surface area contributed by atoms with Gasteiger partial charge in [-0.05, 0) is 54.3 Å². The maximum absolute atomic E-state index is 12.9. The highest BCUT2D eigenvalue weighted by atomic mass is 79.9. The monoisotopic (exact) mass is 494 g/mol. The highest BCUT2D eigenvalue weighted by Gasteiger charge is 2.25. The van der Waals surface area contributed by atoms with Gasteiger partial charge < -0.3 is 10.1 Å². The fraction of sp³-hybridized carbons (Fsp3) is 0.333. The Balaban J connectivity index is 1.85. The molecule has 1 N–H and O–H groups in total. The molecule has 7 nitrogen and oxygen atoms in total. The number of ether oxygens (including phenoxy) is 1. The molecule has 2 aromatic rings. The molecule has 2 aromatic carbocycles. The van der Waals surface area contributed by atoms with Crippen LogP contribution in [-0.2, 0) is 26.0 Å². The largest absolute Gasteiger partial charge is 0.469 e. The van der Waals surface area contributed by atoms with Crippen LogP contribution in [0.4, 0.5) is 5.69 Å². The molecule has 1 heterocycles. The quantitative estimate of drug-likeness (QED) is 0.622. The molecule has 1 unspecified atom stereocenters. The van der Waals surface area contributed by atoms with E-state index in [1.54, 1.807) is 18.2 Å². The number of aryl methyl sites for hydroxylation is 1. The van der Waals surface area contributed by atoms with Crippen molar-refractivity contribution in [3.63, 3.8) is 0 Å². The lowest BCUT2D eigenvalue weighted by Crippen LogP contribution is -2.35. The maximum Gasteiger partial charge on any atom is 0.307 e. The van der Waals surface area contributed by atoms with Crippen LogP contribution >= 0.6 is 15.9 Å². The fourth-order valence-electron chi connectivity index (χ4n) is 3.49. The first-order valence-corrected chi connectivity index (χ1v) is 12.1. The minimum atomic E-state index is -3.37. The highest BCUT2D eigenvalue weighted by Crippen LogP contribution is 2.30. The number of carbonyl (C=O) groups excluding carboxylic acids is 2. The van der Waals surface area contributed by atoms with E-state index in [1.165, 1.54) is 17.7 Å². The Kier molecular flexibility index (Phi) is 6.82. The number of rotatable bonds is 6. The molecule has 1 amide bonds. The summed E-state index contributed by atoms with van der Waals surface area (Å²) in [6, 6.07) is 11.8. The number of hydrogen-bond donors (Lipinski definition) is 1. The number of methoxy groups -OCH3 is 1. The standard InChI is InChI=1S/C21H23BrN2O5S/c1-29-20(25)13-18(14-5-8-17(22)9-6-14)23-21(26)16-7-10-19-15(12-16)4-3-11-24(19)30(2,27)28/h5-10,12,18H,3-4,11,13H2,1-2H3,(H,23,26). The number of nitrogens with zero attached hydrogens (tertiary/aromatic N) is 1. The van der Waals surface area contributed by atoms with Crippen molar-refractivity contribution in [3.05, 3.63) is 63.6 Å². The van der Waals surface area contributed by atoms with Crippen LogP contribution in [-0.4, -0.2) is 40.2 Å². The van der Waals surface area contributed by atoms with Gasteiger partial charge >= 0.3 is 5.97 Å². The molecule has 160 valence electrons. The third-order valence-electron chi connectivity index (χ3n) is 4.99. The molecule has 0 aliphatic carbocycles. The first kappa shape index (κ1) is 22.3. The molecule has 1 aliphatic rings. The number of fused-ring (bicyclic) bond motifs is 1. The zero-order valence-corrected chi connectivity index (χ0v) is 19.1. The molecule has 0 bridgehead atoms. The molecule has 0 aromatic heterocycles. The van der Waals surface area contributed by atoms with Crippen molar-refractivity contribution in [1.29, 1.82) is 0 Å². The van der Waals surface area contributed by atoms with Crippen molar-refractivity contribution in [2.45, 2.75) is 25.3 Å². The van der Waals surface area contributed by atoms with Gasteiger partial charge in [-0.1, -0.05) is 28.1 Å². The summed E-state index contributed by atoms with van der Waals surface area (Å²) in [5.74, 6) is -0.774. The topological polar surface area (TPSA) is 92.8 Å². The lowest BCUT2D eigenvalue weighted by atomic mass is 9.99. The number of carbonyl (C=O) groups is 2. The molecule has 0 spiro atoms. The van der Waals surface area contributed by atoms with Crippen molar-refractivity contribution in [2.75, 3.05) is 24.2 Å². The van der Waals surface area contributed by atoms with Gasteiger partial charge in [0.25, 0.3) is 5.91 Å². The summed E-state index contributed by atoms with van der Waals surface area (Å²) in [6.45, 7) is 0.433. The molecule has 1 atom stereocenters. The van der Waals surface area contributed by atoms with Crippen LogP contribution in [0.15, 0.2) is 46.9 Å². The van der Waals surface area contributed by atoms with Crippen LogP contribution in [0.1, 0.15) is 40.4 Å². The average molecular weight is 495 g/mol. The Labute approximate surface area is 184 Å². The van der Waals surface area contributed by atoms with Gasteiger partial charge in [-0.25, -0.2) is 8.42 Å². The predicted octanol–water partition coefficient (Wildman–Crippen LogP) is 3.20. The second kappa shape index (κ2) is 9.18. The number of nitrogens with one attached hydrogen (secondary N) is 1. The van der Waals surface area contributed by atoms with E-state index in [2.05, 4.69) is 21.2 Å². The van der Waals surface area contributed by atoms with Gasteiger partial charge in [-0.2, -0.15) is 0 Å². The van der Waals surface area contributed by atoms with Crippen LogP contribution in [0, 0.1) is 0 Å². The number of hydrogen-bond acceptors (Lipinski definition) is 5. The van der Waals surface area contributed by atoms with E-state index in [1.807, 2.05) is 24.3 Å². The number of anilines is 1. The summed E-state index contributed by atoms with van der Waals surface area (Å²) in [4.78, 5) is 24.8. The van der Waals surface area contributed by atoms with E-state index < -0.39 is 22.0 Å². The molecule has 30 heavy (non-hydrogen) atoms. The SMILES string of the molecule is COC(=O)CC(NC(=O)c1ccc2c(c1)CCCN2S(C)(=O)=O)c1ccc(Br)cc1. The van der Waals surface area contributed by atoms with Crippen LogP contribution in [0.5, 0.6) is 0 Å². The Morgan fingerprint density at radius 3 is 2.53 bits per heavy atom. The lowest BCUT2D eigenvalue weighted by Gasteiger charge is -2.29. The normalized spacial score (nSPS) is 14.6. The first-order chi connectivity index (χ1) is 14.2. The number of benzene rings is 2. The van der Waals surface area contributed by atoms with Crippen LogP contribution in [0.2, 0.25) is 0 Å². The summed E-state index contributed by atoms with van der Waals surface area (Å²) in [5.41, 5.74) is 2.61. The molecule has 0 fully saturated rings. The van der Waals surface area contributed by atoms with Crippen molar-refractivity contribution < 1.29 is 22.7 Å². The van der Waals surface area contributed by atoms with Crippen LogP contribution < -0.4 is 9.62 Å². The van der Waals surface area contributed by atoms with E-state index in [-0.39, 0.29) is 12.3 Å². The third kappa shape index (κ3) is 5.20. The molecule has 0 radical (unpaired) electrons. The Hall–Kier alpha value is -2.39.